The summed E-state index contributed by atoms with van der Waals surface area (Å²) in [5.41, 5.74) is 3.49. The quantitative estimate of drug-likeness (QED) is 0.650. The van der Waals surface area contributed by atoms with Crippen molar-refractivity contribution >= 4 is 5.91 Å². The Morgan fingerprint density at radius 2 is 1.88 bits per heavy atom. The second kappa shape index (κ2) is 8.15. The average Bonchev–Trinajstić information content (AvgIpc) is 3.15. The van der Waals surface area contributed by atoms with Gasteiger partial charge >= 0.3 is 0 Å². The SMILES string of the molecule is CCc1cc(C(=O)NCCOc2ccccc2-c2ccccc2)n[nH]1. The molecule has 0 radical (unpaired) electrons. The summed E-state index contributed by atoms with van der Waals surface area (Å²) in [6, 6.07) is 19.7. The molecule has 128 valence electrons. The van der Waals surface area contributed by atoms with Gasteiger partial charge in [0.05, 0.1) is 6.54 Å². The van der Waals surface area contributed by atoms with Crippen LogP contribution in [0.15, 0.2) is 60.7 Å². The molecule has 5 nitrogen and oxygen atoms in total. The van der Waals surface area contributed by atoms with Gasteiger partial charge < -0.3 is 10.1 Å². The number of para-hydroxylation sites is 1. The zero-order chi connectivity index (χ0) is 17.5. The molecule has 1 amide bonds. The van der Waals surface area contributed by atoms with Gasteiger partial charge in [0.2, 0.25) is 0 Å². The van der Waals surface area contributed by atoms with Gasteiger partial charge in [-0.05, 0) is 24.1 Å². The molecule has 0 aliphatic rings. The van der Waals surface area contributed by atoms with Crippen LogP contribution in [-0.4, -0.2) is 29.3 Å². The maximum Gasteiger partial charge on any atom is 0.271 e. The van der Waals surface area contributed by atoms with E-state index in [0.717, 1.165) is 29.0 Å². The fourth-order valence-corrected chi connectivity index (χ4v) is 2.52. The van der Waals surface area contributed by atoms with E-state index in [9.17, 15) is 4.79 Å². The van der Waals surface area contributed by atoms with E-state index in [1.807, 2.05) is 61.5 Å². The molecule has 0 aliphatic carbocycles. The van der Waals surface area contributed by atoms with Gasteiger partial charge in [-0.15, -0.1) is 0 Å². The van der Waals surface area contributed by atoms with Gasteiger partial charge in [-0.25, -0.2) is 0 Å². The van der Waals surface area contributed by atoms with Gasteiger partial charge in [0, 0.05) is 11.3 Å². The minimum atomic E-state index is -0.198. The van der Waals surface area contributed by atoms with Crippen molar-refractivity contribution in [1.29, 1.82) is 0 Å². The van der Waals surface area contributed by atoms with Gasteiger partial charge in [-0.2, -0.15) is 5.10 Å². The molecule has 3 aromatic rings. The molecular weight excluding hydrogens is 314 g/mol. The number of carbonyl (C=O) groups excluding carboxylic acids is 1. The third-order valence-electron chi connectivity index (χ3n) is 3.86. The lowest BCUT2D eigenvalue weighted by Crippen LogP contribution is -2.28. The summed E-state index contributed by atoms with van der Waals surface area (Å²) in [5.74, 6) is 0.604. The largest absolute Gasteiger partial charge is 0.491 e. The summed E-state index contributed by atoms with van der Waals surface area (Å²) >= 11 is 0. The summed E-state index contributed by atoms with van der Waals surface area (Å²) in [6.45, 7) is 2.81. The summed E-state index contributed by atoms with van der Waals surface area (Å²) in [5, 5.41) is 9.66. The number of nitrogens with one attached hydrogen (secondary N) is 2. The highest BCUT2D eigenvalue weighted by Crippen LogP contribution is 2.29. The first-order valence-electron chi connectivity index (χ1n) is 8.37. The lowest BCUT2D eigenvalue weighted by atomic mass is 10.1. The van der Waals surface area contributed by atoms with Crippen molar-refractivity contribution < 1.29 is 9.53 Å². The second-order valence-electron chi connectivity index (χ2n) is 5.60. The van der Waals surface area contributed by atoms with Crippen LogP contribution in [0.1, 0.15) is 23.1 Å². The van der Waals surface area contributed by atoms with Crippen LogP contribution in [0.5, 0.6) is 5.75 Å². The van der Waals surface area contributed by atoms with Crippen molar-refractivity contribution in [1.82, 2.24) is 15.5 Å². The van der Waals surface area contributed by atoms with E-state index in [4.69, 9.17) is 4.74 Å². The van der Waals surface area contributed by atoms with E-state index in [-0.39, 0.29) is 5.91 Å². The van der Waals surface area contributed by atoms with E-state index in [1.165, 1.54) is 0 Å². The number of rotatable bonds is 7. The molecule has 0 fully saturated rings. The number of aromatic amines is 1. The van der Waals surface area contributed by atoms with Crippen LogP contribution in [0.2, 0.25) is 0 Å². The predicted molar refractivity (Wildman–Crippen MR) is 97.7 cm³/mol. The third kappa shape index (κ3) is 4.26. The number of aryl methyl sites for hydroxylation is 1. The molecule has 3 rings (SSSR count). The summed E-state index contributed by atoms with van der Waals surface area (Å²) in [4.78, 5) is 12.0. The number of nitrogens with zero attached hydrogens (tertiary/aromatic N) is 1. The van der Waals surface area contributed by atoms with Crippen LogP contribution in [-0.2, 0) is 6.42 Å². The molecule has 2 aromatic carbocycles. The third-order valence-corrected chi connectivity index (χ3v) is 3.86. The minimum absolute atomic E-state index is 0.198. The van der Waals surface area contributed by atoms with E-state index >= 15 is 0 Å². The van der Waals surface area contributed by atoms with E-state index in [1.54, 1.807) is 6.07 Å². The van der Waals surface area contributed by atoms with Crippen molar-refractivity contribution in [3.63, 3.8) is 0 Å². The Kier molecular flexibility index (Phi) is 5.46. The van der Waals surface area contributed by atoms with Gasteiger partial charge in [-0.3, -0.25) is 9.89 Å². The maximum absolute atomic E-state index is 12.0. The van der Waals surface area contributed by atoms with Crippen molar-refractivity contribution in [3.05, 3.63) is 72.1 Å². The van der Waals surface area contributed by atoms with Crippen molar-refractivity contribution in [2.45, 2.75) is 13.3 Å². The molecule has 0 saturated carbocycles. The lowest BCUT2D eigenvalue weighted by molar-refractivity contribution is 0.0942. The summed E-state index contributed by atoms with van der Waals surface area (Å²) < 4.78 is 5.86. The van der Waals surface area contributed by atoms with E-state index < -0.39 is 0 Å². The van der Waals surface area contributed by atoms with Gasteiger partial charge in [-0.1, -0.05) is 55.5 Å². The van der Waals surface area contributed by atoms with Crippen LogP contribution >= 0.6 is 0 Å². The lowest BCUT2D eigenvalue weighted by Gasteiger charge is -2.12. The number of benzene rings is 2. The Hall–Kier alpha value is -3.08. The van der Waals surface area contributed by atoms with Gasteiger partial charge in [0.1, 0.15) is 18.1 Å². The molecule has 0 spiro atoms. The van der Waals surface area contributed by atoms with Crippen LogP contribution in [0.3, 0.4) is 0 Å². The average molecular weight is 335 g/mol. The van der Waals surface area contributed by atoms with Crippen molar-refractivity contribution in [2.24, 2.45) is 0 Å². The molecule has 0 saturated heterocycles. The highest BCUT2D eigenvalue weighted by molar-refractivity contribution is 5.92. The van der Waals surface area contributed by atoms with Gasteiger partial charge in [0.25, 0.3) is 5.91 Å². The van der Waals surface area contributed by atoms with Crippen LogP contribution < -0.4 is 10.1 Å². The minimum Gasteiger partial charge on any atom is -0.491 e. The van der Waals surface area contributed by atoms with Gasteiger partial charge in [0.15, 0.2) is 0 Å². The topological polar surface area (TPSA) is 67.0 Å². The normalized spacial score (nSPS) is 10.4. The number of amides is 1. The molecule has 0 atom stereocenters. The Bertz CT molecular complexity index is 828. The summed E-state index contributed by atoms with van der Waals surface area (Å²) in [6.07, 6.45) is 0.819. The Labute approximate surface area is 147 Å². The Balaban J connectivity index is 1.55. The first kappa shape index (κ1) is 16.8. The standard InChI is InChI=1S/C20H21N3O2/c1-2-16-14-18(23-22-16)20(24)21-12-13-25-19-11-7-6-10-17(19)15-8-4-3-5-9-15/h3-11,14H,2,12-13H2,1H3,(H,21,24)(H,22,23). The van der Waals surface area contributed by atoms with Crippen LogP contribution in [0.25, 0.3) is 11.1 Å². The molecule has 1 heterocycles. The van der Waals surface area contributed by atoms with E-state index in [0.29, 0.717) is 18.8 Å². The highest BCUT2D eigenvalue weighted by atomic mass is 16.5. The number of aromatic nitrogens is 2. The predicted octanol–water partition coefficient (Wildman–Crippen LogP) is 3.45. The molecule has 2 N–H and O–H groups in total. The molecule has 25 heavy (non-hydrogen) atoms. The van der Waals surface area contributed by atoms with Crippen LogP contribution in [0.4, 0.5) is 0 Å². The fraction of sp³-hybridized carbons (Fsp3) is 0.200. The number of hydrogen-bond acceptors (Lipinski definition) is 3. The fourth-order valence-electron chi connectivity index (χ4n) is 2.52. The number of H-pyrrole nitrogens is 1. The number of hydrogen-bond donors (Lipinski definition) is 2. The molecular formula is C20H21N3O2. The summed E-state index contributed by atoms with van der Waals surface area (Å²) in [7, 11) is 0. The zero-order valence-electron chi connectivity index (χ0n) is 14.2. The molecule has 1 aromatic heterocycles. The second-order valence-corrected chi connectivity index (χ2v) is 5.60. The highest BCUT2D eigenvalue weighted by Gasteiger charge is 2.10. The molecule has 0 aliphatic heterocycles. The number of carbonyl (C=O) groups is 1. The Morgan fingerprint density at radius 3 is 2.64 bits per heavy atom. The maximum atomic E-state index is 12.0. The number of ether oxygens (including phenoxy) is 1. The smallest absolute Gasteiger partial charge is 0.271 e. The molecule has 5 heteroatoms. The zero-order valence-corrected chi connectivity index (χ0v) is 14.2. The first-order chi connectivity index (χ1) is 12.3. The van der Waals surface area contributed by atoms with E-state index in [2.05, 4.69) is 15.5 Å². The van der Waals surface area contributed by atoms with Crippen molar-refractivity contribution in [2.75, 3.05) is 13.2 Å². The molecule has 0 bridgehead atoms. The van der Waals surface area contributed by atoms with Crippen molar-refractivity contribution in [3.8, 4) is 16.9 Å². The molecule has 0 unspecified atom stereocenters. The Morgan fingerprint density at radius 1 is 1.12 bits per heavy atom. The van der Waals surface area contributed by atoms with Crippen LogP contribution in [0, 0.1) is 0 Å². The first-order valence-corrected chi connectivity index (χ1v) is 8.37. The monoisotopic (exact) mass is 335 g/mol.